The number of hydrogen-bond donors (Lipinski definition) is 3. The highest BCUT2D eigenvalue weighted by atomic mass is 32.2. The first-order valence-electron chi connectivity index (χ1n) is 15.2. The first-order valence-corrected chi connectivity index (χ1v) is 16.7. The summed E-state index contributed by atoms with van der Waals surface area (Å²) >= 11 is 0. The van der Waals surface area contributed by atoms with Crippen LogP contribution in [0.15, 0.2) is 36.4 Å². The van der Waals surface area contributed by atoms with E-state index in [1.165, 1.54) is 4.90 Å². The van der Waals surface area contributed by atoms with Gasteiger partial charge in [-0.15, -0.1) is 0 Å². The molecular formula is C31H44N4O7S. The molecule has 3 fully saturated rings. The molecule has 236 valence electrons. The summed E-state index contributed by atoms with van der Waals surface area (Å²) in [6, 6.07) is 6.21. The van der Waals surface area contributed by atoms with E-state index in [1.54, 1.807) is 14.0 Å². The third-order valence-corrected chi connectivity index (χ3v) is 10.3. The summed E-state index contributed by atoms with van der Waals surface area (Å²) in [4.78, 5) is 51.3. The number of ketones is 1. The van der Waals surface area contributed by atoms with Gasteiger partial charge in [-0.1, -0.05) is 37.1 Å². The van der Waals surface area contributed by atoms with Crippen molar-refractivity contribution in [1.29, 1.82) is 0 Å². The van der Waals surface area contributed by atoms with E-state index in [4.69, 9.17) is 10.5 Å². The zero-order valence-electron chi connectivity index (χ0n) is 25.0. The molecule has 43 heavy (non-hydrogen) atoms. The number of fused-ring (bicyclic) bond motifs is 2. The molecule has 2 heterocycles. The number of methoxy groups -OCH3 is 1. The van der Waals surface area contributed by atoms with E-state index >= 15 is 0 Å². The highest BCUT2D eigenvalue weighted by Gasteiger charge is 2.61. The zero-order chi connectivity index (χ0) is 31.2. The third-order valence-electron chi connectivity index (χ3n) is 8.49. The summed E-state index contributed by atoms with van der Waals surface area (Å²) < 4.78 is 31.8. The number of nitrogens with zero attached hydrogens (tertiary/aromatic N) is 1. The van der Waals surface area contributed by atoms with E-state index in [1.807, 2.05) is 36.4 Å². The second kappa shape index (κ2) is 14.0. The molecule has 4 aliphatic rings. The monoisotopic (exact) mass is 616 g/mol. The average molecular weight is 617 g/mol. The number of amides is 3. The molecule has 1 saturated heterocycles. The van der Waals surface area contributed by atoms with Gasteiger partial charge in [-0.3, -0.25) is 23.9 Å². The van der Waals surface area contributed by atoms with E-state index in [0.717, 1.165) is 37.0 Å². The van der Waals surface area contributed by atoms with Crippen molar-refractivity contribution in [1.82, 2.24) is 14.9 Å². The van der Waals surface area contributed by atoms with Crippen molar-refractivity contribution in [2.45, 2.75) is 100 Å². The summed E-state index contributed by atoms with van der Waals surface area (Å²) in [6.07, 6.45) is 11.2. The molecule has 0 radical (unpaired) electrons. The van der Waals surface area contributed by atoms with Crippen molar-refractivity contribution >= 4 is 33.5 Å². The van der Waals surface area contributed by atoms with Crippen LogP contribution in [0.2, 0.25) is 0 Å². The summed E-state index contributed by atoms with van der Waals surface area (Å²) in [5, 5.41) is 2.30. The van der Waals surface area contributed by atoms with Gasteiger partial charge in [-0.05, 0) is 76.0 Å². The van der Waals surface area contributed by atoms with Crippen molar-refractivity contribution in [2.24, 2.45) is 11.7 Å². The lowest BCUT2D eigenvalue weighted by atomic mass is 10.1. The van der Waals surface area contributed by atoms with Gasteiger partial charge in [0.05, 0.1) is 18.4 Å². The van der Waals surface area contributed by atoms with Gasteiger partial charge in [0, 0.05) is 18.9 Å². The van der Waals surface area contributed by atoms with Crippen molar-refractivity contribution in [3.05, 3.63) is 42.0 Å². The van der Waals surface area contributed by atoms with E-state index in [9.17, 15) is 27.6 Å². The SMILES string of the molecule is COc1ccc(CC(C)=O)cc1.N[C@H]1CCCCC/C=C\[C@@H]2C[C@@]2(C(=O)NS(=O)(=O)C2CC2)NC(=O)[C@@H]2CCCN2C1=O. The molecule has 1 aromatic rings. The van der Waals surface area contributed by atoms with Crippen LogP contribution in [0.1, 0.15) is 76.7 Å². The molecule has 2 saturated carbocycles. The van der Waals surface area contributed by atoms with Gasteiger partial charge in [0.15, 0.2) is 0 Å². The number of hydrogen-bond acceptors (Lipinski definition) is 8. The number of carbonyl (C=O) groups excluding carboxylic acids is 4. The summed E-state index contributed by atoms with van der Waals surface area (Å²) in [5.41, 5.74) is 5.85. The highest BCUT2D eigenvalue weighted by molar-refractivity contribution is 7.91. The number of rotatable bonds is 6. The van der Waals surface area contributed by atoms with Crippen LogP contribution in [0, 0.1) is 5.92 Å². The number of benzene rings is 1. The third kappa shape index (κ3) is 8.44. The lowest BCUT2D eigenvalue weighted by Crippen LogP contribution is -2.57. The van der Waals surface area contributed by atoms with E-state index in [2.05, 4.69) is 10.0 Å². The predicted molar refractivity (Wildman–Crippen MR) is 161 cm³/mol. The molecule has 0 aromatic heterocycles. The van der Waals surface area contributed by atoms with Crippen LogP contribution in [0.5, 0.6) is 5.75 Å². The molecule has 4 atom stereocenters. The maximum Gasteiger partial charge on any atom is 0.259 e. The normalized spacial score (nSPS) is 28.4. The Morgan fingerprint density at radius 2 is 1.79 bits per heavy atom. The molecule has 4 N–H and O–H groups in total. The van der Waals surface area contributed by atoms with Gasteiger partial charge >= 0.3 is 0 Å². The smallest absolute Gasteiger partial charge is 0.259 e. The van der Waals surface area contributed by atoms with Gasteiger partial charge in [0.1, 0.15) is 23.1 Å². The van der Waals surface area contributed by atoms with Crippen LogP contribution in [0.25, 0.3) is 0 Å². The topological polar surface area (TPSA) is 165 Å². The van der Waals surface area contributed by atoms with E-state index in [-0.39, 0.29) is 17.6 Å². The number of nitrogens with two attached hydrogens (primary N) is 1. The Labute approximate surface area is 254 Å². The maximum atomic E-state index is 13.1. The molecule has 0 bridgehead atoms. The first kappa shape index (κ1) is 32.7. The number of sulfonamides is 1. The number of carbonyl (C=O) groups is 4. The van der Waals surface area contributed by atoms with Crippen molar-refractivity contribution in [2.75, 3.05) is 13.7 Å². The van der Waals surface area contributed by atoms with Crippen LogP contribution < -0.4 is 20.5 Å². The first-order chi connectivity index (χ1) is 20.5. The number of nitrogens with one attached hydrogen (secondary N) is 2. The Balaban J connectivity index is 0.000000296. The molecule has 0 spiro atoms. The lowest BCUT2D eigenvalue weighted by Gasteiger charge is -2.28. The Morgan fingerprint density at radius 1 is 1.07 bits per heavy atom. The summed E-state index contributed by atoms with van der Waals surface area (Å²) in [5.74, 6) is -0.582. The molecule has 2 aliphatic carbocycles. The Hall–Kier alpha value is -3.25. The number of ether oxygens (including phenoxy) is 1. The minimum atomic E-state index is -3.72. The lowest BCUT2D eigenvalue weighted by molar-refractivity contribution is -0.140. The summed E-state index contributed by atoms with van der Waals surface area (Å²) in [6.45, 7) is 2.05. The quantitative estimate of drug-likeness (QED) is 0.409. The highest BCUT2D eigenvalue weighted by Crippen LogP contribution is 2.46. The Kier molecular flexibility index (Phi) is 10.7. The second-order valence-electron chi connectivity index (χ2n) is 12.0. The molecule has 12 heteroatoms. The minimum Gasteiger partial charge on any atom is -0.497 e. The summed E-state index contributed by atoms with van der Waals surface area (Å²) in [7, 11) is -2.10. The van der Waals surface area contributed by atoms with Crippen molar-refractivity contribution in [3.63, 3.8) is 0 Å². The Bertz CT molecular complexity index is 1330. The van der Waals surface area contributed by atoms with Crippen LogP contribution in [-0.2, 0) is 35.6 Å². The largest absolute Gasteiger partial charge is 0.497 e. The molecule has 2 aliphatic heterocycles. The standard InChI is InChI=1S/C21H32N4O5S.C10H12O2/c22-16-8-5-3-1-2-4-7-14-13-21(14,20(28)24-31(29,30)15-10-11-15)23-18(26)17-9-6-12-25(17)19(16)27;1-8(11)7-9-3-5-10(12-2)6-4-9/h4,7,14-17H,1-3,5-6,8-13,22H2,(H,23,26)(H,24,28);3-6H,7H2,1-2H3/b7-4-;/t14-,16+,17+,21-;/m1./s1. The average Bonchev–Trinajstić information content (AvgIpc) is 3.88. The van der Waals surface area contributed by atoms with Crippen LogP contribution >= 0.6 is 0 Å². The fourth-order valence-corrected chi connectivity index (χ4v) is 7.06. The van der Waals surface area contributed by atoms with E-state index < -0.39 is 44.7 Å². The van der Waals surface area contributed by atoms with Crippen LogP contribution in [-0.4, -0.2) is 73.3 Å². The van der Waals surface area contributed by atoms with Crippen LogP contribution in [0.3, 0.4) is 0 Å². The van der Waals surface area contributed by atoms with E-state index in [0.29, 0.717) is 51.5 Å². The molecule has 5 rings (SSSR count). The zero-order valence-corrected chi connectivity index (χ0v) is 25.9. The molecule has 3 amide bonds. The molecule has 0 unspecified atom stereocenters. The fraction of sp³-hybridized carbons (Fsp3) is 0.613. The fourth-order valence-electron chi connectivity index (χ4n) is 5.70. The molecule has 1 aromatic carbocycles. The van der Waals surface area contributed by atoms with Crippen LogP contribution in [0.4, 0.5) is 0 Å². The molecular weight excluding hydrogens is 572 g/mol. The van der Waals surface area contributed by atoms with Gasteiger partial charge < -0.3 is 20.7 Å². The van der Waals surface area contributed by atoms with Gasteiger partial charge in [-0.2, -0.15) is 0 Å². The number of Topliss-reactive ketones (excluding diaryl/α,β-unsaturated/α-hetero) is 1. The van der Waals surface area contributed by atoms with Crippen molar-refractivity contribution < 1.29 is 32.3 Å². The minimum absolute atomic E-state index is 0.181. The maximum absolute atomic E-state index is 13.1. The van der Waals surface area contributed by atoms with Crippen molar-refractivity contribution in [3.8, 4) is 5.75 Å². The number of allylic oxidation sites excluding steroid dienone is 1. The predicted octanol–water partition coefficient (Wildman–Crippen LogP) is 2.14. The second-order valence-corrected chi connectivity index (χ2v) is 14.0. The van der Waals surface area contributed by atoms with Gasteiger partial charge in [0.2, 0.25) is 21.8 Å². The van der Waals surface area contributed by atoms with Gasteiger partial charge in [-0.25, -0.2) is 8.42 Å². The van der Waals surface area contributed by atoms with Gasteiger partial charge in [0.25, 0.3) is 5.91 Å². The Morgan fingerprint density at radius 3 is 2.44 bits per heavy atom. The molecule has 11 nitrogen and oxygen atoms in total.